The van der Waals surface area contributed by atoms with E-state index in [1.165, 1.54) is 23.9 Å². The molecule has 0 aliphatic rings. The first kappa shape index (κ1) is 15.4. The van der Waals surface area contributed by atoms with Gasteiger partial charge in [0, 0.05) is 30.5 Å². The van der Waals surface area contributed by atoms with Crippen LogP contribution < -0.4 is 5.73 Å². The molecule has 0 unspecified atom stereocenters. The molecule has 2 N–H and O–H groups in total. The molecule has 0 radical (unpaired) electrons. The lowest BCUT2D eigenvalue weighted by molar-refractivity contribution is -0.385. The molecule has 0 saturated heterocycles. The molecule has 112 valence electrons. The number of nitro groups is 1. The van der Waals surface area contributed by atoms with Gasteiger partial charge in [-0.2, -0.15) is 0 Å². The second-order valence-electron chi connectivity index (χ2n) is 4.29. The van der Waals surface area contributed by atoms with Crippen molar-refractivity contribution in [2.24, 2.45) is 5.73 Å². The molecular formula is C12H14FN5O2S. The number of nitrogens with two attached hydrogens (primary N) is 1. The van der Waals surface area contributed by atoms with Gasteiger partial charge in [0.1, 0.15) is 11.6 Å². The number of nitro benzene ring substituents is 1. The Balaban J connectivity index is 2.20. The van der Waals surface area contributed by atoms with Crippen molar-refractivity contribution in [1.29, 1.82) is 0 Å². The Hall–Kier alpha value is -2.00. The number of rotatable bonds is 6. The maximum Gasteiger partial charge on any atom is 0.273 e. The molecule has 0 bridgehead atoms. The van der Waals surface area contributed by atoms with Gasteiger partial charge in [0.05, 0.1) is 4.92 Å². The molecule has 0 aliphatic carbocycles. The van der Waals surface area contributed by atoms with Crippen LogP contribution in [-0.4, -0.2) is 26.2 Å². The molecule has 21 heavy (non-hydrogen) atoms. The molecule has 9 heteroatoms. The lowest BCUT2D eigenvalue weighted by Gasteiger charge is -2.07. The predicted octanol–water partition coefficient (Wildman–Crippen LogP) is 1.88. The molecule has 0 spiro atoms. The zero-order chi connectivity index (χ0) is 15.4. The van der Waals surface area contributed by atoms with Crippen LogP contribution in [0.25, 0.3) is 0 Å². The zero-order valence-corrected chi connectivity index (χ0v) is 12.1. The molecule has 1 aromatic heterocycles. The van der Waals surface area contributed by atoms with Crippen LogP contribution >= 0.6 is 11.8 Å². The van der Waals surface area contributed by atoms with E-state index in [2.05, 4.69) is 10.2 Å². The van der Waals surface area contributed by atoms with Gasteiger partial charge in [0.15, 0.2) is 5.16 Å². The Morgan fingerprint density at radius 1 is 1.48 bits per heavy atom. The topological polar surface area (TPSA) is 99.9 Å². The van der Waals surface area contributed by atoms with E-state index < -0.39 is 10.7 Å². The van der Waals surface area contributed by atoms with E-state index in [0.717, 1.165) is 11.9 Å². The fourth-order valence-electron chi connectivity index (χ4n) is 1.84. The number of aryl methyl sites for hydroxylation is 1. The van der Waals surface area contributed by atoms with Crippen LogP contribution in [0.15, 0.2) is 23.4 Å². The van der Waals surface area contributed by atoms with E-state index >= 15 is 0 Å². The van der Waals surface area contributed by atoms with Gasteiger partial charge in [-0.3, -0.25) is 10.1 Å². The highest BCUT2D eigenvalue weighted by molar-refractivity contribution is 7.98. The van der Waals surface area contributed by atoms with Gasteiger partial charge in [-0.1, -0.05) is 11.8 Å². The smallest absolute Gasteiger partial charge is 0.273 e. The van der Waals surface area contributed by atoms with Crippen LogP contribution in [0.2, 0.25) is 0 Å². The predicted molar refractivity (Wildman–Crippen MR) is 76.4 cm³/mol. The number of benzene rings is 1. The lowest BCUT2D eigenvalue weighted by atomic mass is 10.2. The van der Waals surface area contributed by atoms with Crippen molar-refractivity contribution < 1.29 is 9.31 Å². The van der Waals surface area contributed by atoms with Gasteiger partial charge in [-0.15, -0.1) is 10.2 Å². The van der Waals surface area contributed by atoms with Gasteiger partial charge in [-0.05, 0) is 19.1 Å². The minimum atomic E-state index is -0.523. The fraction of sp³-hybridized carbons (Fsp3) is 0.333. The summed E-state index contributed by atoms with van der Waals surface area (Å²) in [7, 11) is 0. The summed E-state index contributed by atoms with van der Waals surface area (Å²) in [6, 6.07) is 3.41. The van der Waals surface area contributed by atoms with Crippen molar-refractivity contribution in [3.63, 3.8) is 0 Å². The average Bonchev–Trinajstić information content (AvgIpc) is 2.78. The van der Waals surface area contributed by atoms with Crippen molar-refractivity contribution in [3.8, 4) is 0 Å². The van der Waals surface area contributed by atoms with Crippen molar-refractivity contribution >= 4 is 17.4 Å². The Morgan fingerprint density at radius 3 is 2.90 bits per heavy atom. The highest BCUT2D eigenvalue weighted by Gasteiger charge is 2.16. The molecule has 2 aromatic rings. The molecule has 0 amide bonds. The monoisotopic (exact) mass is 311 g/mol. The number of nitrogens with zero attached hydrogens (tertiary/aromatic N) is 4. The highest BCUT2D eigenvalue weighted by atomic mass is 32.2. The van der Waals surface area contributed by atoms with E-state index in [4.69, 9.17) is 5.73 Å². The number of thioether (sulfide) groups is 1. The van der Waals surface area contributed by atoms with Gasteiger partial charge >= 0.3 is 0 Å². The maximum atomic E-state index is 13.3. The number of hydrogen-bond acceptors (Lipinski definition) is 6. The van der Waals surface area contributed by atoms with E-state index in [-0.39, 0.29) is 11.4 Å². The van der Waals surface area contributed by atoms with Crippen LogP contribution in [0.4, 0.5) is 10.1 Å². The van der Waals surface area contributed by atoms with Crippen molar-refractivity contribution in [1.82, 2.24) is 14.8 Å². The van der Waals surface area contributed by atoms with Crippen LogP contribution in [0.1, 0.15) is 11.4 Å². The molecule has 7 nitrogen and oxygen atoms in total. The van der Waals surface area contributed by atoms with Crippen LogP contribution in [0.5, 0.6) is 0 Å². The highest BCUT2D eigenvalue weighted by Crippen LogP contribution is 2.28. The number of hydrogen-bond donors (Lipinski definition) is 1. The standard InChI is InChI=1S/C12H14FN5O2S/c1-8-15-16-12(17(8)5-4-14)21-7-9-6-10(13)2-3-11(9)18(19)20/h2-3,6H,4-5,7,14H2,1H3. The first-order valence-corrected chi connectivity index (χ1v) is 7.17. The molecule has 1 aromatic carbocycles. The number of halogens is 1. The lowest BCUT2D eigenvalue weighted by Crippen LogP contribution is -2.12. The van der Waals surface area contributed by atoms with Gasteiger partial charge < -0.3 is 10.3 Å². The summed E-state index contributed by atoms with van der Waals surface area (Å²) in [6.07, 6.45) is 0. The van der Waals surface area contributed by atoms with Crippen LogP contribution in [-0.2, 0) is 12.3 Å². The first-order valence-electron chi connectivity index (χ1n) is 6.18. The summed E-state index contributed by atoms with van der Waals surface area (Å²) >= 11 is 1.26. The van der Waals surface area contributed by atoms with Crippen molar-refractivity contribution in [2.45, 2.75) is 24.4 Å². The Labute approximate surface area is 124 Å². The molecule has 2 rings (SSSR count). The molecule has 0 atom stereocenters. The Bertz CT molecular complexity index is 661. The molecule has 0 aliphatic heterocycles. The molecule has 1 heterocycles. The summed E-state index contributed by atoms with van der Waals surface area (Å²) in [5, 5.41) is 19.5. The van der Waals surface area contributed by atoms with Gasteiger partial charge in [-0.25, -0.2) is 4.39 Å². The maximum absolute atomic E-state index is 13.3. The first-order chi connectivity index (χ1) is 10.0. The van der Waals surface area contributed by atoms with E-state index in [1.54, 1.807) is 6.92 Å². The third-order valence-corrected chi connectivity index (χ3v) is 3.87. The van der Waals surface area contributed by atoms with Crippen LogP contribution in [0, 0.1) is 22.9 Å². The fourth-order valence-corrected chi connectivity index (χ4v) is 2.84. The summed E-state index contributed by atoms with van der Waals surface area (Å²) in [6.45, 7) is 2.80. The summed E-state index contributed by atoms with van der Waals surface area (Å²) in [5.41, 5.74) is 5.73. The average molecular weight is 311 g/mol. The largest absolute Gasteiger partial charge is 0.329 e. The van der Waals surface area contributed by atoms with Crippen LogP contribution in [0.3, 0.4) is 0 Å². The third-order valence-electron chi connectivity index (χ3n) is 2.85. The second kappa shape index (κ2) is 6.64. The summed E-state index contributed by atoms with van der Waals surface area (Å²) < 4.78 is 15.1. The summed E-state index contributed by atoms with van der Waals surface area (Å²) in [5.74, 6) is 0.448. The Kier molecular flexibility index (Phi) is 4.86. The second-order valence-corrected chi connectivity index (χ2v) is 5.23. The SMILES string of the molecule is Cc1nnc(SCc2cc(F)ccc2[N+](=O)[O-])n1CCN. The van der Waals surface area contributed by atoms with E-state index in [9.17, 15) is 14.5 Å². The molecular weight excluding hydrogens is 297 g/mol. The number of aromatic nitrogens is 3. The summed E-state index contributed by atoms with van der Waals surface area (Å²) in [4.78, 5) is 10.4. The van der Waals surface area contributed by atoms with Crippen molar-refractivity contribution in [2.75, 3.05) is 6.54 Å². The molecule has 0 fully saturated rings. The van der Waals surface area contributed by atoms with E-state index in [0.29, 0.717) is 23.8 Å². The normalized spacial score (nSPS) is 10.8. The minimum Gasteiger partial charge on any atom is -0.329 e. The van der Waals surface area contributed by atoms with Gasteiger partial charge in [0.25, 0.3) is 5.69 Å². The van der Waals surface area contributed by atoms with Gasteiger partial charge in [0.2, 0.25) is 0 Å². The molecule has 0 saturated carbocycles. The third kappa shape index (κ3) is 3.56. The van der Waals surface area contributed by atoms with E-state index in [1.807, 2.05) is 4.57 Å². The zero-order valence-electron chi connectivity index (χ0n) is 11.3. The minimum absolute atomic E-state index is 0.106. The quantitative estimate of drug-likeness (QED) is 0.497. The van der Waals surface area contributed by atoms with Crippen molar-refractivity contribution in [3.05, 3.63) is 45.5 Å². The Morgan fingerprint density at radius 2 is 2.24 bits per heavy atom.